The zero-order chi connectivity index (χ0) is 14.0. The van der Waals surface area contributed by atoms with E-state index in [9.17, 15) is 0 Å². The van der Waals surface area contributed by atoms with E-state index in [2.05, 4.69) is 15.9 Å². The minimum Gasteiger partial charge on any atom is -0.456 e. The van der Waals surface area contributed by atoms with Gasteiger partial charge in [-0.25, -0.2) is 0 Å². The van der Waals surface area contributed by atoms with E-state index in [0.717, 1.165) is 26.9 Å². The second kappa shape index (κ2) is 5.95. The van der Waals surface area contributed by atoms with Crippen LogP contribution in [-0.2, 0) is 6.61 Å². The van der Waals surface area contributed by atoms with Crippen LogP contribution in [0.3, 0.4) is 0 Å². The standard InChI is InChI=1S/C15H14BrClO2/c1-9-5-12(6-10(2)15(9)16)19-14-4-3-11(8-18)7-13(14)17/h3-7,18H,8H2,1-2H3. The van der Waals surface area contributed by atoms with E-state index >= 15 is 0 Å². The molecule has 0 radical (unpaired) electrons. The zero-order valence-corrected chi connectivity index (χ0v) is 13.0. The second-order valence-electron chi connectivity index (χ2n) is 4.40. The molecule has 0 heterocycles. The van der Waals surface area contributed by atoms with E-state index in [1.807, 2.05) is 26.0 Å². The van der Waals surface area contributed by atoms with E-state index < -0.39 is 0 Å². The quantitative estimate of drug-likeness (QED) is 0.851. The molecule has 0 atom stereocenters. The summed E-state index contributed by atoms with van der Waals surface area (Å²) in [6.45, 7) is 4.00. The molecular formula is C15H14BrClO2. The predicted molar refractivity (Wildman–Crippen MR) is 81.1 cm³/mol. The predicted octanol–water partition coefficient (Wildman–Crippen LogP) is 5.00. The van der Waals surface area contributed by atoms with Crippen LogP contribution in [0.5, 0.6) is 11.5 Å². The van der Waals surface area contributed by atoms with Gasteiger partial charge in [-0.05, 0) is 54.8 Å². The van der Waals surface area contributed by atoms with Gasteiger partial charge in [-0.1, -0.05) is 33.6 Å². The average molecular weight is 342 g/mol. The molecule has 2 aromatic rings. The maximum Gasteiger partial charge on any atom is 0.146 e. The number of aryl methyl sites for hydroxylation is 2. The van der Waals surface area contributed by atoms with Crippen LogP contribution in [0.2, 0.25) is 5.02 Å². The van der Waals surface area contributed by atoms with E-state index in [1.165, 1.54) is 0 Å². The Balaban J connectivity index is 2.31. The molecule has 0 aromatic heterocycles. The maximum atomic E-state index is 9.04. The third-order valence-corrected chi connectivity index (χ3v) is 4.36. The molecule has 0 bridgehead atoms. The molecule has 2 rings (SSSR count). The van der Waals surface area contributed by atoms with Crippen molar-refractivity contribution in [3.63, 3.8) is 0 Å². The van der Waals surface area contributed by atoms with Gasteiger partial charge in [-0.15, -0.1) is 0 Å². The fraction of sp³-hybridized carbons (Fsp3) is 0.200. The highest BCUT2D eigenvalue weighted by Gasteiger charge is 2.07. The summed E-state index contributed by atoms with van der Waals surface area (Å²) < 4.78 is 6.88. The SMILES string of the molecule is Cc1cc(Oc2ccc(CO)cc2Cl)cc(C)c1Br. The summed E-state index contributed by atoms with van der Waals surface area (Å²) in [5, 5.41) is 9.53. The minimum absolute atomic E-state index is 0.0312. The molecule has 2 nitrogen and oxygen atoms in total. The highest BCUT2D eigenvalue weighted by Crippen LogP contribution is 2.33. The highest BCUT2D eigenvalue weighted by atomic mass is 79.9. The van der Waals surface area contributed by atoms with Crippen LogP contribution in [0.1, 0.15) is 16.7 Å². The molecule has 100 valence electrons. The normalized spacial score (nSPS) is 10.6. The fourth-order valence-electron chi connectivity index (χ4n) is 1.82. The Morgan fingerprint density at radius 1 is 1.16 bits per heavy atom. The fourth-order valence-corrected chi connectivity index (χ4v) is 2.29. The molecule has 0 aliphatic carbocycles. The summed E-state index contributed by atoms with van der Waals surface area (Å²) in [5.74, 6) is 1.33. The van der Waals surface area contributed by atoms with Crippen LogP contribution in [0.4, 0.5) is 0 Å². The summed E-state index contributed by atoms with van der Waals surface area (Å²) >= 11 is 9.65. The molecule has 0 saturated carbocycles. The number of halogens is 2. The Hall–Kier alpha value is -1.03. The van der Waals surface area contributed by atoms with Crippen LogP contribution >= 0.6 is 27.5 Å². The van der Waals surface area contributed by atoms with Crippen LogP contribution in [0, 0.1) is 13.8 Å². The van der Waals surface area contributed by atoms with E-state index in [0.29, 0.717) is 10.8 Å². The minimum atomic E-state index is -0.0312. The molecule has 0 saturated heterocycles. The van der Waals surface area contributed by atoms with Crippen molar-refractivity contribution in [2.75, 3.05) is 0 Å². The smallest absolute Gasteiger partial charge is 0.146 e. The Morgan fingerprint density at radius 3 is 2.32 bits per heavy atom. The number of hydrogen-bond donors (Lipinski definition) is 1. The van der Waals surface area contributed by atoms with Crippen molar-refractivity contribution < 1.29 is 9.84 Å². The molecule has 0 aliphatic heterocycles. The molecule has 19 heavy (non-hydrogen) atoms. The first kappa shape index (κ1) is 14.4. The molecule has 1 N–H and O–H groups in total. The summed E-state index contributed by atoms with van der Waals surface area (Å²) in [4.78, 5) is 0. The average Bonchev–Trinajstić information content (AvgIpc) is 2.38. The molecular weight excluding hydrogens is 328 g/mol. The van der Waals surface area contributed by atoms with Gasteiger partial charge in [-0.2, -0.15) is 0 Å². The monoisotopic (exact) mass is 340 g/mol. The number of benzene rings is 2. The topological polar surface area (TPSA) is 29.5 Å². The van der Waals surface area contributed by atoms with Crippen LogP contribution in [-0.4, -0.2) is 5.11 Å². The number of ether oxygens (including phenoxy) is 1. The summed E-state index contributed by atoms with van der Waals surface area (Å²) in [6, 6.07) is 9.16. The number of aliphatic hydroxyl groups is 1. The number of aliphatic hydroxyl groups excluding tert-OH is 1. The van der Waals surface area contributed by atoms with Gasteiger partial charge in [0.25, 0.3) is 0 Å². The summed E-state index contributed by atoms with van der Waals surface area (Å²) in [5.41, 5.74) is 2.98. The van der Waals surface area contributed by atoms with Gasteiger partial charge in [-0.3, -0.25) is 0 Å². The van der Waals surface area contributed by atoms with Gasteiger partial charge in [0.05, 0.1) is 11.6 Å². The Morgan fingerprint density at radius 2 is 1.79 bits per heavy atom. The molecule has 4 heteroatoms. The van der Waals surface area contributed by atoms with Crippen LogP contribution < -0.4 is 4.74 Å². The van der Waals surface area contributed by atoms with Crippen molar-refractivity contribution in [3.8, 4) is 11.5 Å². The number of hydrogen-bond acceptors (Lipinski definition) is 2. The molecule has 0 fully saturated rings. The molecule has 0 unspecified atom stereocenters. The lowest BCUT2D eigenvalue weighted by Crippen LogP contribution is -1.90. The lowest BCUT2D eigenvalue weighted by molar-refractivity contribution is 0.281. The van der Waals surface area contributed by atoms with Crippen molar-refractivity contribution in [1.82, 2.24) is 0 Å². The Labute approximate surface area is 126 Å². The maximum absolute atomic E-state index is 9.04. The van der Waals surface area contributed by atoms with Gasteiger partial charge in [0.15, 0.2) is 0 Å². The molecule has 2 aromatic carbocycles. The van der Waals surface area contributed by atoms with Gasteiger partial charge < -0.3 is 9.84 Å². The second-order valence-corrected chi connectivity index (χ2v) is 5.60. The van der Waals surface area contributed by atoms with Gasteiger partial charge in [0.2, 0.25) is 0 Å². The van der Waals surface area contributed by atoms with E-state index in [4.69, 9.17) is 21.4 Å². The zero-order valence-electron chi connectivity index (χ0n) is 10.7. The first-order chi connectivity index (χ1) is 9.01. The van der Waals surface area contributed by atoms with Gasteiger partial charge in [0.1, 0.15) is 11.5 Å². The van der Waals surface area contributed by atoms with Crippen LogP contribution in [0.25, 0.3) is 0 Å². The third kappa shape index (κ3) is 3.30. The molecule has 0 aliphatic rings. The summed E-state index contributed by atoms with van der Waals surface area (Å²) in [6.07, 6.45) is 0. The van der Waals surface area contributed by atoms with Gasteiger partial charge >= 0.3 is 0 Å². The third-order valence-electron chi connectivity index (χ3n) is 2.82. The van der Waals surface area contributed by atoms with Crippen molar-refractivity contribution in [1.29, 1.82) is 0 Å². The van der Waals surface area contributed by atoms with Crippen molar-refractivity contribution in [3.05, 3.63) is 56.5 Å². The number of rotatable bonds is 3. The molecule has 0 amide bonds. The van der Waals surface area contributed by atoms with E-state index in [-0.39, 0.29) is 6.61 Å². The first-order valence-corrected chi connectivity index (χ1v) is 7.02. The van der Waals surface area contributed by atoms with E-state index in [1.54, 1.807) is 18.2 Å². The van der Waals surface area contributed by atoms with Crippen molar-refractivity contribution in [2.45, 2.75) is 20.5 Å². The summed E-state index contributed by atoms with van der Waals surface area (Å²) in [7, 11) is 0. The van der Waals surface area contributed by atoms with Gasteiger partial charge in [0, 0.05) is 4.47 Å². The van der Waals surface area contributed by atoms with Crippen molar-refractivity contribution in [2.24, 2.45) is 0 Å². The first-order valence-electron chi connectivity index (χ1n) is 5.85. The van der Waals surface area contributed by atoms with Crippen LogP contribution in [0.15, 0.2) is 34.8 Å². The Kier molecular flexibility index (Phi) is 4.50. The Bertz CT molecular complexity index is 588. The lowest BCUT2D eigenvalue weighted by atomic mass is 10.1. The largest absolute Gasteiger partial charge is 0.456 e. The van der Waals surface area contributed by atoms with Crippen molar-refractivity contribution >= 4 is 27.5 Å². The lowest BCUT2D eigenvalue weighted by Gasteiger charge is -2.11. The highest BCUT2D eigenvalue weighted by molar-refractivity contribution is 9.10. The molecule has 0 spiro atoms.